The van der Waals surface area contributed by atoms with Gasteiger partial charge in [-0.25, -0.2) is 4.98 Å². The van der Waals surface area contributed by atoms with E-state index in [2.05, 4.69) is 15.2 Å². The third kappa shape index (κ3) is 3.57. The smallest absolute Gasteiger partial charge is 0.323 e. The van der Waals surface area contributed by atoms with Gasteiger partial charge >= 0.3 is 5.97 Å². The Morgan fingerprint density at radius 1 is 1.33 bits per heavy atom. The summed E-state index contributed by atoms with van der Waals surface area (Å²) >= 11 is 5.79. The fraction of sp³-hybridized carbons (Fsp3) is 0.231. The highest BCUT2D eigenvalue weighted by Crippen LogP contribution is 2.19. The highest BCUT2D eigenvalue weighted by atomic mass is 35.5. The number of carbonyl (C=O) groups is 2. The van der Waals surface area contributed by atoms with Crippen LogP contribution in [0, 0.1) is 0 Å². The van der Waals surface area contributed by atoms with Crippen molar-refractivity contribution >= 4 is 29.2 Å². The molecular weight excluding hydrogens is 296 g/mol. The SMILES string of the molecule is CCc1nc(C(=O)N(CC(=O)O)c2ccc(Cl)cc2)n[nH]1. The van der Waals surface area contributed by atoms with Crippen molar-refractivity contribution in [3.05, 3.63) is 40.9 Å². The Morgan fingerprint density at radius 3 is 2.52 bits per heavy atom. The molecule has 0 aliphatic rings. The molecule has 0 spiro atoms. The molecule has 1 amide bonds. The van der Waals surface area contributed by atoms with Gasteiger partial charge in [0.1, 0.15) is 12.4 Å². The highest BCUT2D eigenvalue weighted by molar-refractivity contribution is 6.30. The van der Waals surface area contributed by atoms with E-state index in [1.165, 1.54) is 0 Å². The molecule has 1 aromatic heterocycles. The van der Waals surface area contributed by atoms with Crippen LogP contribution in [-0.2, 0) is 11.2 Å². The standard InChI is InChI=1S/C13H13ClN4O3/c1-2-10-15-12(17-16-10)13(21)18(7-11(19)20)9-5-3-8(14)4-6-9/h3-6H,2,7H2,1H3,(H,19,20)(H,15,16,17). The Morgan fingerprint density at radius 2 is 2.00 bits per heavy atom. The van der Waals surface area contributed by atoms with Crippen LogP contribution in [0.3, 0.4) is 0 Å². The summed E-state index contributed by atoms with van der Waals surface area (Å²) < 4.78 is 0. The molecule has 0 aliphatic heterocycles. The topological polar surface area (TPSA) is 99.2 Å². The largest absolute Gasteiger partial charge is 0.480 e. The van der Waals surface area contributed by atoms with Gasteiger partial charge in [0.2, 0.25) is 5.82 Å². The van der Waals surface area contributed by atoms with E-state index >= 15 is 0 Å². The Labute approximate surface area is 125 Å². The Kier molecular flexibility index (Phi) is 4.54. The van der Waals surface area contributed by atoms with Gasteiger partial charge in [-0.1, -0.05) is 18.5 Å². The first-order chi connectivity index (χ1) is 10.0. The molecule has 2 N–H and O–H groups in total. The number of carbonyl (C=O) groups excluding carboxylic acids is 1. The van der Waals surface area contributed by atoms with Crippen molar-refractivity contribution in [2.45, 2.75) is 13.3 Å². The first-order valence-corrected chi connectivity index (χ1v) is 6.59. The van der Waals surface area contributed by atoms with Crippen LogP contribution in [0.5, 0.6) is 0 Å². The van der Waals surface area contributed by atoms with E-state index < -0.39 is 18.4 Å². The summed E-state index contributed by atoms with van der Waals surface area (Å²) in [4.78, 5) is 28.5. The second kappa shape index (κ2) is 6.36. The maximum atomic E-state index is 12.4. The zero-order valence-electron chi connectivity index (χ0n) is 11.2. The minimum Gasteiger partial charge on any atom is -0.480 e. The van der Waals surface area contributed by atoms with E-state index in [1.54, 1.807) is 24.3 Å². The van der Waals surface area contributed by atoms with Crippen LogP contribution in [0.2, 0.25) is 5.02 Å². The average molecular weight is 309 g/mol. The van der Waals surface area contributed by atoms with Crippen molar-refractivity contribution < 1.29 is 14.7 Å². The van der Waals surface area contributed by atoms with Crippen LogP contribution in [0.1, 0.15) is 23.4 Å². The van der Waals surface area contributed by atoms with E-state index in [1.807, 2.05) is 6.92 Å². The third-order valence-electron chi connectivity index (χ3n) is 2.73. The lowest BCUT2D eigenvalue weighted by Gasteiger charge is -2.19. The number of H-pyrrole nitrogens is 1. The Bertz CT molecular complexity index is 654. The lowest BCUT2D eigenvalue weighted by Crippen LogP contribution is -2.36. The number of aromatic nitrogens is 3. The van der Waals surface area contributed by atoms with Gasteiger partial charge in [-0.3, -0.25) is 19.6 Å². The molecule has 0 aliphatic carbocycles. The molecule has 0 radical (unpaired) electrons. The molecule has 0 saturated heterocycles. The maximum Gasteiger partial charge on any atom is 0.323 e. The molecule has 2 aromatic rings. The number of nitrogens with one attached hydrogen (secondary N) is 1. The molecular formula is C13H13ClN4O3. The van der Waals surface area contributed by atoms with Gasteiger partial charge in [-0.05, 0) is 24.3 Å². The Hall–Kier alpha value is -2.41. The predicted molar refractivity (Wildman–Crippen MR) is 76.5 cm³/mol. The van der Waals surface area contributed by atoms with E-state index in [9.17, 15) is 9.59 Å². The van der Waals surface area contributed by atoms with Gasteiger partial charge in [-0.2, -0.15) is 0 Å². The number of aromatic amines is 1. The molecule has 0 saturated carbocycles. The van der Waals surface area contributed by atoms with Crippen LogP contribution in [0.4, 0.5) is 5.69 Å². The monoisotopic (exact) mass is 308 g/mol. The second-order valence-corrected chi connectivity index (χ2v) is 4.66. The van der Waals surface area contributed by atoms with E-state index in [0.29, 0.717) is 23.0 Å². The minimum atomic E-state index is -1.13. The number of anilines is 1. The first kappa shape index (κ1) is 15.0. The number of benzene rings is 1. The molecule has 21 heavy (non-hydrogen) atoms. The first-order valence-electron chi connectivity index (χ1n) is 6.21. The zero-order chi connectivity index (χ0) is 15.4. The van der Waals surface area contributed by atoms with Gasteiger partial charge in [0.15, 0.2) is 0 Å². The summed E-state index contributed by atoms with van der Waals surface area (Å²) in [5.74, 6) is -1.23. The summed E-state index contributed by atoms with van der Waals surface area (Å²) in [7, 11) is 0. The van der Waals surface area contributed by atoms with Crippen molar-refractivity contribution in [1.29, 1.82) is 0 Å². The molecule has 0 unspecified atom stereocenters. The number of aliphatic carboxylic acids is 1. The lowest BCUT2D eigenvalue weighted by atomic mass is 10.2. The van der Waals surface area contributed by atoms with Gasteiger partial charge < -0.3 is 5.11 Å². The molecule has 1 heterocycles. The zero-order valence-corrected chi connectivity index (χ0v) is 12.0. The molecule has 2 rings (SSSR count). The molecule has 0 atom stereocenters. The quantitative estimate of drug-likeness (QED) is 0.876. The van der Waals surface area contributed by atoms with E-state index in [-0.39, 0.29) is 5.82 Å². The van der Waals surface area contributed by atoms with Crippen LogP contribution >= 0.6 is 11.6 Å². The lowest BCUT2D eigenvalue weighted by molar-refractivity contribution is -0.135. The molecule has 0 bridgehead atoms. The number of rotatable bonds is 5. The summed E-state index contributed by atoms with van der Waals surface area (Å²) in [6, 6.07) is 6.29. The van der Waals surface area contributed by atoms with Crippen LogP contribution < -0.4 is 4.90 Å². The van der Waals surface area contributed by atoms with Crippen LogP contribution in [-0.4, -0.2) is 38.7 Å². The van der Waals surface area contributed by atoms with Crippen LogP contribution in [0.25, 0.3) is 0 Å². The van der Waals surface area contributed by atoms with Gasteiger partial charge in [-0.15, -0.1) is 5.10 Å². The minimum absolute atomic E-state index is 0.0666. The number of halogens is 1. The van der Waals surface area contributed by atoms with Crippen LogP contribution in [0.15, 0.2) is 24.3 Å². The van der Waals surface area contributed by atoms with Gasteiger partial charge in [0.05, 0.1) is 0 Å². The average Bonchev–Trinajstić information content (AvgIpc) is 2.94. The summed E-state index contributed by atoms with van der Waals surface area (Å²) in [5.41, 5.74) is 0.412. The number of nitrogens with zero attached hydrogens (tertiary/aromatic N) is 3. The number of hydrogen-bond donors (Lipinski definition) is 2. The van der Waals surface area contributed by atoms with E-state index in [4.69, 9.17) is 16.7 Å². The van der Waals surface area contributed by atoms with Crippen molar-refractivity contribution in [3.63, 3.8) is 0 Å². The normalized spacial score (nSPS) is 10.4. The van der Waals surface area contributed by atoms with E-state index in [0.717, 1.165) is 4.90 Å². The number of hydrogen-bond acceptors (Lipinski definition) is 4. The van der Waals surface area contributed by atoms with Crippen molar-refractivity contribution in [3.8, 4) is 0 Å². The molecule has 8 heteroatoms. The fourth-order valence-corrected chi connectivity index (χ4v) is 1.83. The highest BCUT2D eigenvalue weighted by Gasteiger charge is 2.23. The fourth-order valence-electron chi connectivity index (χ4n) is 1.71. The number of aryl methyl sites for hydroxylation is 1. The Balaban J connectivity index is 2.32. The molecule has 1 aromatic carbocycles. The predicted octanol–water partition coefficient (Wildman–Crippen LogP) is 1.75. The molecule has 110 valence electrons. The van der Waals surface area contributed by atoms with Crippen molar-refractivity contribution in [2.75, 3.05) is 11.4 Å². The maximum absolute atomic E-state index is 12.4. The second-order valence-electron chi connectivity index (χ2n) is 4.22. The number of carboxylic acids is 1. The molecule has 7 nitrogen and oxygen atoms in total. The van der Waals surface area contributed by atoms with Crippen molar-refractivity contribution in [1.82, 2.24) is 15.2 Å². The van der Waals surface area contributed by atoms with Gasteiger partial charge in [0, 0.05) is 17.1 Å². The summed E-state index contributed by atoms with van der Waals surface area (Å²) in [6.45, 7) is 1.37. The number of amides is 1. The number of carboxylic acid groups (broad SMARTS) is 1. The van der Waals surface area contributed by atoms with Crippen molar-refractivity contribution in [2.24, 2.45) is 0 Å². The summed E-state index contributed by atoms with van der Waals surface area (Å²) in [6.07, 6.45) is 0.597. The van der Waals surface area contributed by atoms with Gasteiger partial charge in [0.25, 0.3) is 5.91 Å². The summed E-state index contributed by atoms with van der Waals surface area (Å²) in [5, 5.41) is 15.9. The third-order valence-corrected chi connectivity index (χ3v) is 2.99. The molecule has 0 fully saturated rings.